The van der Waals surface area contributed by atoms with Gasteiger partial charge in [-0.25, -0.2) is 0 Å². The molecule has 0 saturated carbocycles. The third-order valence-electron chi connectivity index (χ3n) is 8.30. The summed E-state index contributed by atoms with van der Waals surface area (Å²) in [6.07, 6.45) is 2.95. The average molecular weight is 691 g/mol. The minimum atomic E-state index is -1.86. The number of hydrogen-bond donors (Lipinski definition) is 1. The minimum absolute atomic E-state index is 0.235. The molecule has 6 rings (SSSR count). The van der Waals surface area contributed by atoms with Crippen LogP contribution in [0, 0.1) is 0 Å². The zero-order chi connectivity index (χ0) is 31.9. The monoisotopic (exact) mass is 689 g/mol. The summed E-state index contributed by atoms with van der Waals surface area (Å²) in [5.74, 6) is 0.360. The van der Waals surface area contributed by atoms with E-state index < -0.39 is 7.26 Å². The summed E-state index contributed by atoms with van der Waals surface area (Å²) in [4.78, 5) is 25.9. The van der Waals surface area contributed by atoms with Crippen molar-refractivity contribution in [1.29, 1.82) is 0 Å². The summed E-state index contributed by atoms with van der Waals surface area (Å²) < 4.78 is 8.55. The van der Waals surface area contributed by atoms with Crippen LogP contribution in [0.25, 0.3) is 10.9 Å². The molecule has 0 atom stereocenters. The van der Waals surface area contributed by atoms with Gasteiger partial charge in [-0.2, -0.15) is 0 Å². The predicted molar refractivity (Wildman–Crippen MR) is 196 cm³/mol. The number of hydrogen-bond acceptors (Lipinski definition) is 3. The topological polar surface area (TPSA) is 60.3 Å². The number of unbranched alkanes of at least 4 members (excludes halogenated alkanes) is 1. The van der Waals surface area contributed by atoms with Crippen molar-refractivity contribution in [3.8, 4) is 5.75 Å². The molecule has 0 spiro atoms. The first kappa shape index (κ1) is 31.5. The number of rotatable bonds is 11. The number of halogens is 1. The third kappa shape index (κ3) is 6.69. The first-order chi connectivity index (χ1) is 22.5. The lowest BCUT2D eigenvalue weighted by atomic mass is 10.1. The highest BCUT2D eigenvalue weighted by atomic mass is 79.9. The first-order valence-corrected chi connectivity index (χ1v) is 18.1. The number of aromatic nitrogens is 1. The maximum absolute atomic E-state index is 13.0. The van der Waals surface area contributed by atoms with E-state index in [0.29, 0.717) is 17.9 Å². The number of carbonyl (C=O) groups excluding carboxylic acids is 1. The zero-order valence-corrected chi connectivity index (χ0v) is 28.1. The van der Waals surface area contributed by atoms with Crippen molar-refractivity contribution >= 4 is 61.6 Å². The number of pyridine rings is 1. The lowest BCUT2D eigenvalue weighted by Gasteiger charge is -2.27. The summed E-state index contributed by atoms with van der Waals surface area (Å²) >= 11 is 3.47. The molecular formula is C39H35BrN2O3P+. The van der Waals surface area contributed by atoms with E-state index in [9.17, 15) is 9.59 Å². The van der Waals surface area contributed by atoms with Gasteiger partial charge in [-0.15, -0.1) is 0 Å². The van der Waals surface area contributed by atoms with Gasteiger partial charge in [-0.05, 0) is 97.8 Å². The number of amides is 1. The molecule has 0 aliphatic rings. The molecule has 1 amide bonds. The van der Waals surface area contributed by atoms with E-state index in [1.54, 1.807) is 41.9 Å². The van der Waals surface area contributed by atoms with Crippen molar-refractivity contribution in [1.82, 2.24) is 4.57 Å². The van der Waals surface area contributed by atoms with E-state index >= 15 is 0 Å². The van der Waals surface area contributed by atoms with Gasteiger partial charge in [0.05, 0.1) is 18.3 Å². The van der Waals surface area contributed by atoms with Gasteiger partial charge in [-0.1, -0.05) is 70.5 Å². The summed E-state index contributed by atoms with van der Waals surface area (Å²) in [6.45, 7) is 0.576. The molecule has 0 unspecified atom stereocenters. The number of carbonyl (C=O) groups is 1. The van der Waals surface area contributed by atoms with E-state index in [-0.39, 0.29) is 17.2 Å². The minimum Gasteiger partial charge on any atom is -0.494 e. The van der Waals surface area contributed by atoms with E-state index in [0.717, 1.165) is 34.4 Å². The molecule has 1 aromatic heterocycles. The van der Waals surface area contributed by atoms with Crippen LogP contribution >= 0.6 is 23.2 Å². The molecule has 0 radical (unpaired) electrons. The van der Waals surface area contributed by atoms with Gasteiger partial charge in [0, 0.05) is 22.5 Å². The van der Waals surface area contributed by atoms with Crippen molar-refractivity contribution in [2.75, 3.05) is 18.1 Å². The highest BCUT2D eigenvalue weighted by Crippen LogP contribution is 2.55. The Kier molecular flexibility index (Phi) is 9.77. The Bertz CT molecular complexity index is 1900. The summed E-state index contributed by atoms with van der Waals surface area (Å²) in [5, 5.41) is 7.80. The van der Waals surface area contributed by atoms with E-state index in [2.05, 4.69) is 112 Å². The average Bonchev–Trinajstić information content (AvgIpc) is 3.10. The van der Waals surface area contributed by atoms with Gasteiger partial charge in [0.2, 0.25) is 0 Å². The molecule has 0 aliphatic carbocycles. The van der Waals surface area contributed by atoms with E-state index in [1.165, 1.54) is 15.9 Å². The largest absolute Gasteiger partial charge is 0.494 e. The number of ether oxygens (including phenoxy) is 1. The molecule has 5 aromatic carbocycles. The van der Waals surface area contributed by atoms with Crippen LogP contribution in [0.4, 0.5) is 5.69 Å². The molecule has 6 aromatic rings. The van der Waals surface area contributed by atoms with Crippen LogP contribution in [0.15, 0.2) is 149 Å². The van der Waals surface area contributed by atoms with Crippen LogP contribution in [-0.2, 0) is 7.05 Å². The first-order valence-electron chi connectivity index (χ1n) is 15.3. The zero-order valence-electron chi connectivity index (χ0n) is 25.6. The highest BCUT2D eigenvalue weighted by Gasteiger charge is 2.44. The van der Waals surface area contributed by atoms with Gasteiger partial charge in [0.25, 0.3) is 11.5 Å². The molecule has 7 heteroatoms. The Morgan fingerprint density at radius 3 is 1.87 bits per heavy atom. The van der Waals surface area contributed by atoms with Gasteiger partial charge in [0.15, 0.2) is 0 Å². The molecule has 0 aliphatic heterocycles. The highest BCUT2D eigenvalue weighted by molar-refractivity contribution is 9.10. The molecular weight excluding hydrogens is 655 g/mol. The lowest BCUT2D eigenvalue weighted by Crippen LogP contribution is -2.33. The van der Waals surface area contributed by atoms with Crippen LogP contribution in [-0.4, -0.2) is 23.2 Å². The van der Waals surface area contributed by atoms with Gasteiger partial charge in [0.1, 0.15) is 34.6 Å². The third-order valence-corrected chi connectivity index (χ3v) is 13.3. The Labute approximate surface area is 278 Å². The Morgan fingerprint density at radius 1 is 0.739 bits per heavy atom. The standard InChI is InChI=1S/C39H34BrN2O3P/c1-42-37-24-21-31(40)27-30(37)28-36(39(42)44)41-38(43)29-19-22-32(23-20-29)45-25-11-12-26-46(33-13-5-2-6-14-33,34-15-7-3-8-16-34)35-17-9-4-10-18-35/h2-10,13-24,27-28H,11-12,25-26H2,1H3/p+1. The Hall–Kier alpha value is -4.51. The number of nitrogens with one attached hydrogen (secondary N) is 1. The molecule has 230 valence electrons. The van der Waals surface area contributed by atoms with Crippen LogP contribution in [0.3, 0.4) is 0 Å². The normalized spacial score (nSPS) is 11.3. The van der Waals surface area contributed by atoms with Gasteiger partial charge < -0.3 is 14.6 Å². The molecule has 0 fully saturated rings. The van der Waals surface area contributed by atoms with Crippen molar-refractivity contribution in [2.45, 2.75) is 12.8 Å². The van der Waals surface area contributed by atoms with Crippen molar-refractivity contribution in [3.63, 3.8) is 0 Å². The van der Waals surface area contributed by atoms with Gasteiger partial charge in [-0.3, -0.25) is 9.59 Å². The molecule has 46 heavy (non-hydrogen) atoms. The molecule has 0 bridgehead atoms. The second-order valence-corrected chi connectivity index (χ2v) is 15.7. The molecule has 1 heterocycles. The quantitative estimate of drug-likeness (QED) is 0.112. The fourth-order valence-electron chi connectivity index (χ4n) is 5.96. The van der Waals surface area contributed by atoms with Crippen molar-refractivity contribution < 1.29 is 9.53 Å². The molecule has 5 nitrogen and oxygen atoms in total. The maximum Gasteiger partial charge on any atom is 0.274 e. The van der Waals surface area contributed by atoms with E-state index in [1.807, 2.05) is 18.2 Å². The predicted octanol–water partition coefficient (Wildman–Crippen LogP) is 7.71. The summed E-state index contributed by atoms with van der Waals surface area (Å²) in [6, 6.07) is 47.2. The Morgan fingerprint density at radius 2 is 1.30 bits per heavy atom. The van der Waals surface area contributed by atoms with Crippen LogP contribution in [0.2, 0.25) is 0 Å². The van der Waals surface area contributed by atoms with Crippen LogP contribution in [0.5, 0.6) is 5.75 Å². The summed E-state index contributed by atoms with van der Waals surface area (Å²) in [7, 11) is -0.160. The van der Waals surface area contributed by atoms with Crippen LogP contribution in [0.1, 0.15) is 23.2 Å². The lowest BCUT2D eigenvalue weighted by molar-refractivity contribution is 0.102. The maximum atomic E-state index is 13.0. The van der Waals surface area contributed by atoms with Crippen molar-refractivity contribution in [2.24, 2.45) is 7.05 Å². The van der Waals surface area contributed by atoms with Gasteiger partial charge >= 0.3 is 0 Å². The molecule has 0 saturated heterocycles. The summed E-state index contributed by atoms with van der Waals surface area (Å²) in [5.41, 5.74) is 1.22. The Balaban J connectivity index is 1.11. The number of benzene rings is 5. The number of aryl methyl sites for hydroxylation is 1. The smallest absolute Gasteiger partial charge is 0.274 e. The number of fused-ring (bicyclic) bond motifs is 1. The number of anilines is 1. The number of nitrogens with zero attached hydrogens (tertiary/aromatic N) is 1. The second-order valence-electron chi connectivity index (χ2n) is 11.2. The fraction of sp³-hybridized carbons (Fsp3) is 0.128. The SMILES string of the molecule is Cn1c(=O)c(NC(=O)c2ccc(OCCCC[P+](c3ccccc3)(c3ccccc3)c3ccccc3)cc2)cc2cc(Br)ccc21. The van der Waals surface area contributed by atoms with E-state index in [4.69, 9.17) is 4.74 Å². The van der Waals surface area contributed by atoms with Crippen LogP contribution < -0.4 is 31.5 Å². The van der Waals surface area contributed by atoms with Crippen molar-refractivity contribution in [3.05, 3.63) is 160 Å². The molecule has 1 N–H and O–H groups in total. The second kappa shape index (κ2) is 14.3. The fourth-order valence-corrected chi connectivity index (χ4v) is 10.8.